The quantitative estimate of drug-likeness (QED) is 0.712. The fourth-order valence-electron chi connectivity index (χ4n) is 2.84. The van der Waals surface area contributed by atoms with Crippen molar-refractivity contribution in [1.29, 1.82) is 0 Å². The second kappa shape index (κ2) is 6.37. The van der Waals surface area contributed by atoms with Gasteiger partial charge in [-0.25, -0.2) is 9.78 Å². The molecule has 0 bridgehead atoms. The lowest BCUT2D eigenvalue weighted by Crippen LogP contribution is -2.41. The standard InChI is InChI=1S/C14H23N3O3/c1-3-10(12-15-8-11(17-12)13(18)19)16-9-14(20-2)6-4-5-7-14/h8,10,16H,3-7,9H2,1-2H3,(H,15,17)(H,18,19). The van der Waals surface area contributed by atoms with Gasteiger partial charge in [-0.2, -0.15) is 0 Å². The van der Waals surface area contributed by atoms with Crippen LogP contribution in [0.1, 0.15) is 61.4 Å². The SMILES string of the molecule is CCC(NCC1(OC)CCCC1)c1ncc(C(=O)O)[nH]1. The summed E-state index contributed by atoms with van der Waals surface area (Å²) >= 11 is 0. The van der Waals surface area contributed by atoms with Crippen molar-refractivity contribution < 1.29 is 14.6 Å². The van der Waals surface area contributed by atoms with Gasteiger partial charge in [0.25, 0.3) is 0 Å². The van der Waals surface area contributed by atoms with Crippen molar-refractivity contribution in [2.75, 3.05) is 13.7 Å². The van der Waals surface area contributed by atoms with Gasteiger partial charge in [-0.05, 0) is 19.3 Å². The Morgan fingerprint density at radius 3 is 2.80 bits per heavy atom. The van der Waals surface area contributed by atoms with Gasteiger partial charge in [0.15, 0.2) is 0 Å². The van der Waals surface area contributed by atoms with Crippen molar-refractivity contribution in [2.24, 2.45) is 0 Å². The maximum Gasteiger partial charge on any atom is 0.353 e. The topological polar surface area (TPSA) is 87.2 Å². The molecule has 1 heterocycles. The summed E-state index contributed by atoms with van der Waals surface area (Å²) in [5.41, 5.74) is 0.0536. The summed E-state index contributed by atoms with van der Waals surface area (Å²) in [7, 11) is 1.77. The molecule has 1 unspecified atom stereocenters. The van der Waals surface area contributed by atoms with E-state index in [0.29, 0.717) is 5.82 Å². The van der Waals surface area contributed by atoms with E-state index < -0.39 is 5.97 Å². The number of methoxy groups -OCH3 is 1. The lowest BCUT2D eigenvalue weighted by Gasteiger charge is -2.29. The number of ether oxygens (including phenoxy) is 1. The second-order valence-electron chi connectivity index (χ2n) is 5.42. The summed E-state index contributed by atoms with van der Waals surface area (Å²) in [5, 5.41) is 12.4. The highest BCUT2D eigenvalue weighted by Gasteiger charge is 2.34. The molecule has 2 rings (SSSR count). The van der Waals surface area contributed by atoms with Crippen LogP contribution in [0.15, 0.2) is 6.20 Å². The Hall–Kier alpha value is -1.40. The summed E-state index contributed by atoms with van der Waals surface area (Å²) in [4.78, 5) is 17.9. The fourth-order valence-corrected chi connectivity index (χ4v) is 2.84. The molecule has 1 aromatic rings. The average molecular weight is 281 g/mol. The Labute approximate surface area is 118 Å². The van der Waals surface area contributed by atoms with Crippen LogP contribution in [0.2, 0.25) is 0 Å². The zero-order chi connectivity index (χ0) is 14.6. The van der Waals surface area contributed by atoms with E-state index in [-0.39, 0.29) is 17.3 Å². The average Bonchev–Trinajstić information content (AvgIpc) is 3.09. The molecule has 1 aliphatic carbocycles. The number of carboxylic acid groups (broad SMARTS) is 1. The van der Waals surface area contributed by atoms with Gasteiger partial charge >= 0.3 is 5.97 Å². The van der Waals surface area contributed by atoms with E-state index in [0.717, 1.165) is 25.8 Å². The van der Waals surface area contributed by atoms with Crippen molar-refractivity contribution in [2.45, 2.75) is 50.7 Å². The summed E-state index contributed by atoms with van der Waals surface area (Å²) in [6.07, 6.45) is 6.76. The predicted molar refractivity (Wildman–Crippen MR) is 74.8 cm³/mol. The third kappa shape index (κ3) is 3.19. The molecule has 0 aliphatic heterocycles. The molecule has 6 heteroatoms. The third-order valence-corrected chi connectivity index (χ3v) is 4.18. The third-order valence-electron chi connectivity index (χ3n) is 4.18. The second-order valence-corrected chi connectivity index (χ2v) is 5.42. The van der Waals surface area contributed by atoms with Gasteiger partial charge in [-0.15, -0.1) is 0 Å². The predicted octanol–water partition coefficient (Wildman–Crippen LogP) is 2.11. The number of aromatic carboxylic acids is 1. The number of rotatable bonds is 7. The van der Waals surface area contributed by atoms with Crippen molar-refractivity contribution in [3.8, 4) is 0 Å². The van der Waals surface area contributed by atoms with E-state index in [9.17, 15) is 4.79 Å². The zero-order valence-electron chi connectivity index (χ0n) is 12.1. The van der Waals surface area contributed by atoms with E-state index in [1.807, 2.05) is 0 Å². The number of hydrogen-bond acceptors (Lipinski definition) is 4. The molecule has 20 heavy (non-hydrogen) atoms. The molecular weight excluding hydrogens is 258 g/mol. The first-order valence-corrected chi connectivity index (χ1v) is 7.17. The smallest absolute Gasteiger partial charge is 0.353 e. The van der Waals surface area contributed by atoms with Gasteiger partial charge < -0.3 is 20.1 Å². The van der Waals surface area contributed by atoms with Gasteiger partial charge in [0.1, 0.15) is 11.5 Å². The number of aromatic nitrogens is 2. The summed E-state index contributed by atoms with van der Waals surface area (Å²) in [6.45, 7) is 2.82. The molecule has 6 nitrogen and oxygen atoms in total. The molecule has 112 valence electrons. The van der Waals surface area contributed by atoms with Gasteiger partial charge in [-0.3, -0.25) is 0 Å². The molecule has 1 atom stereocenters. The highest BCUT2D eigenvalue weighted by atomic mass is 16.5. The number of imidazole rings is 1. The lowest BCUT2D eigenvalue weighted by atomic mass is 10.0. The Morgan fingerprint density at radius 1 is 1.60 bits per heavy atom. The van der Waals surface area contributed by atoms with Crippen LogP contribution in [-0.4, -0.2) is 40.3 Å². The number of carbonyl (C=O) groups is 1. The number of carboxylic acids is 1. The Bertz CT molecular complexity index is 452. The van der Waals surface area contributed by atoms with Gasteiger partial charge in [0.2, 0.25) is 0 Å². The summed E-state index contributed by atoms with van der Waals surface area (Å²) in [6, 6.07) is 0.0238. The molecule has 1 aromatic heterocycles. The Kier molecular flexibility index (Phi) is 4.77. The maximum absolute atomic E-state index is 10.9. The molecular formula is C14H23N3O3. The van der Waals surface area contributed by atoms with Gasteiger partial charge in [0, 0.05) is 13.7 Å². The van der Waals surface area contributed by atoms with Crippen LogP contribution in [-0.2, 0) is 4.74 Å². The number of hydrogen-bond donors (Lipinski definition) is 3. The number of nitrogens with one attached hydrogen (secondary N) is 2. The highest BCUT2D eigenvalue weighted by Crippen LogP contribution is 2.32. The molecule has 0 aromatic carbocycles. The first-order valence-electron chi connectivity index (χ1n) is 7.17. The first-order chi connectivity index (χ1) is 9.60. The van der Waals surface area contributed by atoms with Gasteiger partial charge in [-0.1, -0.05) is 19.8 Å². The Morgan fingerprint density at radius 2 is 2.30 bits per heavy atom. The highest BCUT2D eigenvalue weighted by molar-refractivity contribution is 5.85. The minimum Gasteiger partial charge on any atom is -0.477 e. The minimum atomic E-state index is -0.984. The Balaban J connectivity index is 1.99. The van der Waals surface area contributed by atoms with Crippen LogP contribution >= 0.6 is 0 Å². The van der Waals surface area contributed by atoms with Crippen LogP contribution in [0, 0.1) is 0 Å². The minimum absolute atomic E-state index is 0.0238. The molecule has 0 spiro atoms. The van der Waals surface area contributed by atoms with E-state index in [1.165, 1.54) is 19.0 Å². The van der Waals surface area contributed by atoms with Crippen LogP contribution < -0.4 is 5.32 Å². The molecule has 1 aliphatic rings. The first kappa shape index (κ1) is 15.0. The normalized spacial score (nSPS) is 19.1. The van der Waals surface area contributed by atoms with Crippen LogP contribution in [0.5, 0.6) is 0 Å². The molecule has 1 saturated carbocycles. The van der Waals surface area contributed by atoms with Crippen LogP contribution in [0.25, 0.3) is 0 Å². The summed E-state index contributed by atoms with van der Waals surface area (Å²) in [5.74, 6) is -0.308. The maximum atomic E-state index is 10.9. The number of H-pyrrole nitrogens is 1. The van der Waals surface area contributed by atoms with Crippen molar-refractivity contribution in [3.63, 3.8) is 0 Å². The molecule has 0 saturated heterocycles. The van der Waals surface area contributed by atoms with Crippen LogP contribution in [0.3, 0.4) is 0 Å². The lowest BCUT2D eigenvalue weighted by molar-refractivity contribution is -0.00556. The van der Waals surface area contributed by atoms with Gasteiger partial charge in [0.05, 0.1) is 17.8 Å². The molecule has 3 N–H and O–H groups in total. The largest absolute Gasteiger partial charge is 0.477 e. The molecule has 1 fully saturated rings. The molecule has 0 amide bonds. The number of nitrogens with zero attached hydrogens (tertiary/aromatic N) is 1. The van der Waals surface area contributed by atoms with Crippen LogP contribution in [0.4, 0.5) is 0 Å². The van der Waals surface area contributed by atoms with Crippen molar-refractivity contribution in [3.05, 3.63) is 17.7 Å². The summed E-state index contributed by atoms with van der Waals surface area (Å²) < 4.78 is 5.69. The zero-order valence-corrected chi connectivity index (χ0v) is 12.1. The fraction of sp³-hybridized carbons (Fsp3) is 0.714. The van der Waals surface area contributed by atoms with Crippen molar-refractivity contribution in [1.82, 2.24) is 15.3 Å². The van der Waals surface area contributed by atoms with E-state index in [2.05, 4.69) is 22.2 Å². The monoisotopic (exact) mass is 281 g/mol. The van der Waals surface area contributed by atoms with E-state index in [4.69, 9.17) is 9.84 Å². The molecule has 0 radical (unpaired) electrons. The number of aromatic amines is 1. The van der Waals surface area contributed by atoms with Crippen molar-refractivity contribution >= 4 is 5.97 Å². The van der Waals surface area contributed by atoms with E-state index in [1.54, 1.807) is 7.11 Å². The van der Waals surface area contributed by atoms with E-state index >= 15 is 0 Å².